The van der Waals surface area contributed by atoms with Crippen LogP contribution < -0.4 is 5.32 Å². The predicted molar refractivity (Wildman–Crippen MR) is 86.4 cm³/mol. The molecule has 5 rings (SSSR count). The normalized spacial score (nSPS) is 22.5. The van der Waals surface area contributed by atoms with Crippen LogP contribution in [0.15, 0.2) is 24.8 Å². The van der Waals surface area contributed by atoms with Gasteiger partial charge in [0.15, 0.2) is 0 Å². The SMILES string of the molecule is Cc1nc2cc3c(cc2nc1Cn1cncn1)C1CNCC3C1. The van der Waals surface area contributed by atoms with Gasteiger partial charge in [-0.15, -0.1) is 0 Å². The average Bonchev–Trinajstić information content (AvgIpc) is 3.15. The van der Waals surface area contributed by atoms with E-state index in [-0.39, 0.29) is 0 Å². The van der Waals surface area contributed by atoms with Crippen molar-refractivity contribution < 1.29 is 0 Å². The van der Waals surface area contributed by atoms with Gasteiger partial charge in [0.1, 0.15) is 12.7 Å². The molecule has 2 aliphatic rings. The number of aryl methyl sites for hydroxylation is 1. The Morgan fingerprint density at radius 2 is 1.87 bits per heavy atom. The van der Waals surface area contributed by atoms with E-state index in [1.165, 1.54) is 17.5 Å². The highest BCUT2D eigenvalue weighted by Crippen LogP contribution is 2.44. The number of aromatic nitrogens is 5. The predicted octanol–water partition coefficient (Wildman–Crippen LogP) is 1.75. The van der Waals surface area contributed by atoms with Gasteiger partial charge in [0.05, 0.1) is 29.0 Å². The van der Waals surface area contributed by atoms with Gasteiger partial charge < -0.3 is 5.32 Å². The molecule has 1 saturated heterocycles. The third kappa shape index (κ3) is 2.05. The molecule has 23 heavy (non-hydrogen) atoms. The van der Waals surface area contributed by atoms with Gasteiger partial charge in [-0.1, -0.05) is 0 Å². The molecule has 3 aromatic rings. The fourth-order valence-corrected chi connectivity index (χ4v) is 4.00. The van der Waals surface area contributed by atoms with Crippen LogP contribution in [0.2, 0.25) is 0 Å². The lowest BCUT2D eigenvalue weighted by molar-refractivity contribution is 0.454. The van der Waals surface area contributed by atoms with Gasteiger partial charge in [-0.25, -0.2) is 19.6 Å². The topological polar surface area (TPSA) is 68.5 Å². The highest BCUT2D eigenvalue weighted by molar-refractivity contribution is 5.78. The standard InChI is InChI=1S/C17H18N6/c1-10-17(7-23-9-19-8-20-23)22-16-4-14-12-2-11(5-18-6-12)13(14)3-15(16)21-10/h3-4,8-9,11-12,18H,2,5-7H2,1H3. The van der Waals surface area contributed by atoms with Gasteiger partial charge >= 0.3 is 0 Å². The zero-order chi connectivity index (χ0) is 15.4. The second-order valence-corrected chi connectivity index (χ2v) is 6.61. The molecule has 0 radical (unpaired) electrons. The lowest BCUT2D eigenvalue weighted by Crippen LogP contribution is -2.28. The maximum atomic E-state index is 4.87. The molecule has 116 valence electrons. The maximum absolute atomic E-state index is 4.87. The maximum Gasteiger partial charge on any atom is 0.137 e. The highest BCUT2D eigenvalue weighted by atomic mass is 15.3. The molecular weight excluding hydrogens is 288 g/mol. The van der Waals surface area contributed by atoms with E-state index in [0.29, 0.717) is 18.4 Å². The first kappa shape index (κ1) is 13.1. The number of nitrogens with zero attached hydrogens (tertiary/aromatic N) is 5. The van der Waals surface area contributed by atoms with Crippen LogP contribution in [0.25, 0.3) is 11.0 Å². The van der Waals surface area contributed by atoms with Crippen molar-refractivity contribution in [3.63, 3.8) is 0 Å². The summed E-state index contributed by atoms with van der Waals surface area (Å²) in [5.41, 5.74) is 6.88. The molecule has 2 aromatic heterocycles. The van der Waals surface area contributed by atoms with Crippen molar-refractivity contribution >= 4 is 11.0 Å². The van der Waals surface area contributed by atoms with Crippen LogP contribution in [0.3, 0.4) is 0 Å². The summed E-state index contributed by atoms with van der Waals surface area (Å²) in [6, 6.07) is 4.53. The first-order valence-electron chi connectivity index (χ1n) is 8.12. The molecule has 0 saturated carbocycles. The summed E-state index contributed by atoms with van der Waals surface area (Å²) >= 11 is 0. The molecule has 2 atom stereocenters. The van der Waals surface area contributed by atoms with Gasteiger partial charge in [-0.2, -0.15) is 5.10 Å². The van der Waals surface area contributed by atoms with Gasteiger partial charge in [-0.05, 0) is 48.4 Å². The summed E-state index contributed by atoms with van der Waals surface area (Å²) in [4.78, 5) is 13.7. The van der Waals surface area contributed by atoms with Crippen LogP contribution in [-0.2, 0) is 6.54 Å². The third-order valence-electron chi connectivity index (χ3n) is 5.15. The fourth-order valence-electron chi connectivity index (χ4n) is 4.00. The Labute approximate surface area is 134 Å². The molecule has 1 aromatic carbocycles. The number of piperidine rings is 1. The van der Waals surface area contributed by atoms with Crippen molar-refractivity contribution in [3.8, 4) is 0 Å². The largest absolute Gasteiger partial charge is 0.316 e. The molecule has 3 heterocycles. The Kier molecular flexibility index (Phi) is 2.76. The van der Waals surface area contributed by atoms with E-state index < -0.39 is 0 Å². The van der Waals surface area contributed by atoms with Gasteiger partial charge in [0, 0.05) is 13.1 Å². The van der Waals surface area contributed by atoms with E-state index >= 15 is 0 Å². The summed E-state index contributed by atoms with van der Waals surface area (Å²) in [6.07, 6.45) is 4.52. The molecule has 1 aliphatic carbocycles. The molecule has 2 unspecified atom stereocenters. The number of benzene rings is 1. The second kappa shape index (κ2) is 4.83. The van der Waals surface area contributed by atoms with Crippen molar-refractivity contribution in [1.82, 2.24) is 30.0 Å². The third-order valence-corrected chi connectivity index (χ3v) is 5.15. The summed E-state index contributed by atoms with van der Waals surface area (Å²) < 4.78 is 1.78. The molecule has 1 fully saturated rings. The Bertz CT molecular complexity index is 886. The lowest BCUT2D eigenvalue weighted by Gasteiger charge is -2.19. The van der Waals surface area contributed by atoms with Crippen molar-refractivity contribution in [2.75, 3.05) is 13.1 Å². The zero-order valence-electron chi connectivity index (χ0n) is 13.0. The van der Waals surface area contributed by atoms with Crippen LogP contribution in [-0.4, -0.2) is 37.8 Å². The monoisotopic (exact) mass is 306 g/mol. The van der Waals surface area contributed by atoms with Crippen molar-refractivity contribution in [2.45, 2.75) is 31.7 Å². The number of nitrogens with one attached hydrogen (secondary N) is 1. The number of hydrogen-bond donors (Lipinski definition) is 1. The van der Waals surface area contributed by atoms with Gasteiger partial charge in [0.25, 0.3) is 0 Å². The molecule has 1 N–H and O–H groups in total. The second-order valence-electron chi connectivity index (χ2n) is 6.61. The van der Waals surface area contributed by atoms with E-state index in [0.717, 1.165) is 35.5 Å². The van der Waals surface area contributed by atoms with Crippen molar-refractivity contribution in [1.29, 1.82) is 0 Å². The highest BCUT2D eigenvalue weighted by Gasteiger charge is 2.34. The molecule has 2 bridgehead atoms. The molecule has 6 heteroatoms. The molecule has 0 spiro atoms. The number of rotatable bonds is 2. The van der Waals surface area contributed by atoms with E-state index in [9.17, 15) is 0 Å². The molecule has 1 aliphatic heterocycles. The zero-order valence-corrected chi connectivity index (χ0v) is 13.0. The summed E-state index contributed by atoms with van der Waals surface area (Å²) in [5.74, 6) is 1.28. The summed E-state index contributed by atoms with van der Waals surface area (Å²) in [7, 11) is 0. The van der Waals surface area contributed by atoms with Crippen LogP contribution in [0.5, 0.6) is 0 Å². The van der Waals surface area contributed by atoms with E-state index in [1.54, 1.807) is 17.3 Å². The van der Waals surface area contributed by atoms with E-state index in [4.69, 9.17) is 9.97 Å². The Morgan fingerprint density at radius 1 is 1.13 bits per heavy atom. The fraction of sp³-hybridized carbons (Fsp3) is 0.412. The quantitative estimate of drug-likeness (QED) is 0.781. The minimum Gasteiger partial charge on any atom is -0.316 e. The minimum atomic E-state index is 0.611. The van der Waals surface area contributed by atoms with Crippen LogP contribution in [0.1, 0.15) is 40.8 Å². The Balaban J connectivity index is 1.63. The summed E-state index contributed by atoms with van der Waals surface area (Å²) in [5, 5.41) is 7.70. The van der Waals surface area contributed by atoms with E-state index in [2.05, 4.69) is 27.5 Å². The van der Waals surface area contributed by atoms with Crippen molar-refractivity contribution in [3.05, 3.63) is 47.3 Å². The van der Waals surface area contributed by atoms with Crippen LogP contribution in [0.4, 0.5) is 0 Å². The van der Waals surface area contributed by atoms with E-state index in [1.807, 2.05) is 6.92 Å². The minimum absolute atomic E-state index is 0.611. The smallest absolute Gasteiger partial charge is 0.137 e. The Hall–Kier alpha value is -2.34. The Morgan fingerprint density at radius 3 is 2.57 bits per heavy atom. The summed E-state index contributed by atoms with van der Waals surface area (Å²) in [6.45, 7) is 4.80. The molecule has 0 amide bonds. The number of fused-ring (bicyclic) bond motifs is 6. The lowest BCUT2D eigenvalue weighted by atomic mass is 9.98. The number of hydrogen-bond acceptors (Lipinski definition) is 5. The van der Waals surface area contributed by atoms with Crippen LogP contribution in [0, 0.1) is 6.92 Å². The average molecular weight is 306 g/mol. The molecule has 6 nitrogen and oxygen atoms in total. The first-order valence-corrected chi connectivity index (χ1v) is 8.12. The van der Waals surface area contributed by atoms with Gasteiger partial charge in [-0.3, -0.25) is 0 Å². The van der Waals surface area contributed by atoms with Gasteiger partial charge in [0.2, 0.25) is 0 Å². The van der Waals surface area contributed by atoms with Crippen molar-refractivity contribution in [2.24, 2.45) is 0 Å². The van der Waals surface area contributed by atoms with Crippen LogP contribution >= 0.6 is 0 Å². The first-order chi connectivity index (χ1) is 11.3. The molecular formula is C17H18N6.